The van der Waals surface area contributed by atoms with Gasteiger partial charge in [-0.25, -0.2) is 9.36 Å². The van der Waals surface area contributed by atoms with Crippen LogP contribution in [0.5, 0.6) is 11.5 Å². The SMILES string of the molecule is O=C(NCCn1nc(-n2cccn2)ccc1=O)c1ccc2c(c1)OCO2. The van der Waals surface area contributed by atoms with E-state index in [9.17, 15) is 9.59 Å². The Balaban J connectivity index is 1.41. The Morgan fingerprint density at radius 3 is 2.92 bits per heavy atom. The Labute approximate surface area is 147 Å². The van der Waals surface area contributed by atoms with Crippen molar-refractivity contribution in [2.24, 2.45) is 0 Å². The molecule has 1 N–H and O–H groups in total. The number of fused-ring (bicyclic) bond motifs is 1. The zero-order valence-electron chi connectivity index (χ0n) is 13.7. The summed E-state index contributed by atoms with van der Waals surface area (Å²) in [5.41, 5.74) is 0.207. The summed E-state index contributed by atoms with van der Waals surface area (Å²) < 4.78 is 13.3. The smallest absolute Gasteiger partial charge is 0.266 e. The van der Waals surface area contributed by atoms with E-state index in [-0.39, 0.29) is 31.3 Å². The standard InChI is InChI=1S/C17H15N5O4/c23-16-5-4-15(21-8-1-6-19-21)20-22(16)9-7-18-17(24)12-2-3-13-14(10-12)26-11-25-13/h1-6,8,10H,7,9,11H2,(H,18,24). The van der Waals surface area contributed by atoms with Crippen molar-refractivity contribution in [1.29, 1.82) is 0 Å². The van der Waals surface area contributed by atoms with Crippen LogP contribution in [-0.4, -0.2) is 38.8 Å². The number of amides is 1. The van der Waals surface area contributed by atoms with Crippen molar-refractivity contribution in [3.8, 4) is 17.3 Å². The van der Waals surface area contributed by atoms with Crippen LogP contribution in [0.2, 0.25) is 0 Å². The van der Waals surface area contributed by atoms with Crippen LogP contribution in [0.25, 0.3) is 5.82 Å². The van der Waals surface area contributed by atoms with Gasteiger partial charge in [-0.3, -0.25) is 9.59 Å². The van der Waals surface area contributed by atoms with E-state index in [2.05, 4.69) is 15.5 Å². The molecule has 0 saturated heterocycles. The maximum Gasteiger partial charge on any atom is 0.266 e. The molecule has 2 aromatic heterocycles. The van der Waals surface area contributed by atoms with E-state index >= 15 is 0 Å². The first-order valence-electron chi connectivity index (χ1n) is 7.97. The van der Waals surface area contributed by atoms with Gasteiger partial charge in [0.25, 0.3) is 11.5 Å². The van der Waals surface area contributed by atoms with Gasteiger partial charge in [0.05, 0.1) is 6.54 Å². The van der Waals surface area contributed by atoms with E-state index in [1.54, 1.807) is 47.4 Å². The Kier molecular flexibility index (Phi) is 4.10. The molecule has 9 nitrogen and oxygen atoms in total. The molecule has 9 heteroatoms. The van der Waals surface area contributed by atoms with E-state index < -0.39 is 0 Å². The highest BCUT2D eigenvalue weighted by molar-refractivity contribution is 5.94. The summed E-state index contributed by atoms with van der Waals surface area (Å²) in [5.74, 6) is 1.42. The fraction of sp³-hybridized carbons (Fsp3) is 0.176. The van der Waals surface area contributed by atoms with E-state index in [4.69, 9.17) is 9.47 Å². The molecule has 0 aliphatic carbocycles. The Bertz CT molecular complexity index is 997. The van der Waals surface area contributed by atoms with Crippen LogP contribution in [0.1, 0.15) is 10.4 Å². The topological polar surface area (TPSA) is 100 Å². The van der Waals surface area contributed by atoms with Crippen LogP contribution in [-0.2, 0) is 6.54 Å². The van der Waals surface area contributed by atoms with Gasteiger partial charge in [0, 0.05) is 30.6 Å². The van der Waals surface area contributed by atoms with E-state index in [0.29, 0.717) is 22.9 Å². The number of carbonyl (C=O) groups excluding carboxylic acids is 1. The summed E-state index contributed by atoms with van der Waals surface area (Å²) >= 11 is 0. The molecule has 1 amide bonds. The van der Waals surface area contributed by atoms with Crippen LogP contribution in [0.4, 0.5) is 0 Å². The Morgan fingerprint density at radius 1 is 1.19 bits per heavy atom. The minimum absolute atomic E-state index is 0.154. The van der Waals surface area contributed by atoms with Crippen LogP contribution in [0, 0.1) is 0 Å². The lowest BCUT2D eigenvalue weighted by molar-refractivity contribution is 0.0951. The fourth-order valence-electron chi connectivity index (χ4n) is 2.54. The zero-order valence-corrected chi connectivity index (χ0v) is 13.7. The molecule has 132 valence electrons. The summed E-state index contributed by atoms with van der Waals surface area (Å²) in [5, 5.41) is 11.1. The van der Waals surface area contributed by atoms with E-state index in [0.717, 1.165) is 0 Å². The van der Waals surface area contributed by atoms with Gasteiger partial charge >= 0.3 is 0 Å². The molecule has 1 aliphatic heterocycles. The molecule has 1 aromatic carbocycles. The number of nitrogens with one attached hydrogen (secondary N) is 1. The first kappa shape index (κ1) is 15.9. The van der Waals surface area contributed by atoms with Crippen LogP contribution < -0.4 is 20.3 Å². The second-order valence-corrected chi connectivity index (χ2v) is 5.53. The summed E-state index contributed by atoms with van der Waals surface area (Å²) in [7, 11) is 0. The fourth-order valence-corrected chi connectivity index (χ4v) is 2.54. The lowest BCUT2D eigenvalue weighted by atomic mass is 10.2. The van der Waals surface area contributed by atoms with Gasteiger partial charge in [-0.05, 0) is 30.3 Å². The molecule has 0 spiro atoms. The molecule has 0 atom stereocenters. The minimum Gasteiger partial charge on any atom is -0.454 e. The summed E-state index contributed by atoms with van der Waals surface area (Å²) in [6.45, 7) is 0.647. The normalized spacial score (nSPS) is 12.2. The van der Waals surface area contributed by atoms with Gasteiger partial charge < -0.3 is 14.8 Å². The van der Waals surface area contributed by atoms with Crippen molar-refractivity contribution in [3.63, 3.8) is 0 Å². The van der Waals surface area contributed by atoms with Crippen molar-refractivity contribution in [2.45, 2.75) is 6.54 Å². The van der Waals surface area contributed by atoms with Gasteiger partial charge in [-0.15, -0.1) is 5.10 Å². The van der Waals surface area contributed by atoms with E-state index in [1.807, 2.05) is 0 Å². The first-order valence-corrected chi connectivity index (χ1v) is 7.97. The second kappa shape index (κ2) is 6.71. The van der Waals surface area contributed by atoms with Crippen LogP contribution >= 0.6 is 0 Å². The van der Waals surface area contributed by atoms with Crippen molar-refractivity contribution < 1.29 is 14.3 Å². The third-order valence-electron chi connectivity index (χ3n) is 3.84. The Hall–Kier alpha value is -3.62. The molecule has 3 heterocycles. The molecular formula is C17H15N5O4. The van der Waals surface area contributed by atoms with Crippen molar-refractivity contribution in [2.75, 3.05) is 13.3 Å². The highest BCUT2D eigenvalue weighted by Gasteiger charge is 2.16. The molecular weight excluding hydrogens is 338 g/mol. The molecule has 0 fully saturated rings. The van der Waals surface area contributed by atoms with Gasteiger partial charge in [-0.2, -0.15) is 5.10 Å². The number of rotatable bonds is 5. The van der Waals surface area contributed by atoms with Crippen LogP contribution in [0.3, 0.4) is 0 Å². The van der Waals surface area contributed by atoms with Gasteiger partial charge in [0.1, 0.15) is 0 Å². The number of hydrogen-bond donors (Lipinski definition) is 1. The molecule has 0 unspecified atom stereocenters. The first-order chi connectivity index (χ1) is 12.7. The van der Waals surface area contributed by atoms with Gasteiger partial charge in [0.15, 0.2) is 17.3 Å². The molecule has 0 bridgehead atoms. The molecule has 4 rings (SSSR count). The Morgan fingerprint density at radius 2 is 2.08 bits per heavy atom. The van der Waals surface area contributed by atoms with Crippen LogP contribution in [0.15, 0.2) is 53.6 Å². The van der Waals surface area contributed by atoms with E-state index in [1.165, 1.54) is 10.7 Å². The third kappa shape index (κ3) is 3.14. The maximum atomic E-state index is 12.2. The van der Waals surface area contributed by atoms with Crippen molar-refractivity contribution in [1.82, 2.24) is 24.9 Å². The largest absolute Gasteiger partial charge is 0.454 e. The third-order valence-corrected chi connectivity index (χ3v) is 3.84. The molecule has 1 aliphatic rings. The number of ether oxygens (including phenoxy) is 2. The molecule has 0 radical (unpaired) electrons. The molecule has 3 aromatic rings. The lowest BCUT2D eigenvalue weighted by Gasteiger charge is -2.09. The summed E-state index contributed by atoms with van der Waals surface area (Å²) in [4.78, 5) is 24.2. The second-order valence-electron chi connectivity index (χ2n) is 5.53. The number of aromatic nitrogens is 4. The number of nitrogens with zero attached hydrogens (tertiary/aromatic N) is 4. The number of benzene rings is 1. The maximum absolute atomic E-state index is 12.2. The lowest BCUT2D eigenvalue weighted by Crippen LogP contribution is -2.32. The monoisotopic (exact) mass is 353 g/mol. The number of carbonyl (C=O) groups is 1. The average Bonchev–Trinajstić information content (AvgIpc) is 3.34. The predicted octanol–water partition coefficient (Wildman–Crippen LogP) is 0.588. The van der Waals surface area contributed by atoms with Crippen molar-refractivity contribution >= 4 is 5.91 Å². The molecule has 0 saturated carbocycles. The zero-order chi connectivity index (χ0) is 17.9. The molecule has 26 heavy (non-hydrogen) atoms. The van der Waals surface area contributed by atoms with Gasteiger partial charge in [0.2, 0.25) is 6.79 Å². The van der Waals surface area contributed by atoms with Gasteiger partial charge in [-0.1, -0.05) is 0 Å². The quantitative estimate of drug-likeness (QED) is 0.720. The highest BCUT2D eigenvalue weighted by Crippen LogP contribution is 2.32. The highest BCUT2D eigenvalue weighted by atomic mass is 16.7. The average molecular weight is 353 g/mol. The predicted molar refractivity (Wildman–Crippen MR) is 90.5 cm³/mol. The minimum atomic E-state index is -0.264. The van der Waals surface area contributed by atoms with Crippen molar-refractivity contribution in [3.05, 3.63) is 64.7 Å². The number of hydrogen-bond acceptors (Lipinski definition) is 6. The summed E-state index contributed by atoms with van der Waals surface area (Å²) in [6.07, 6.45) is 3.36. The summed E-state index contributed by atoms with van der Waals surface area (Å²) in [6, 6.07) is 9.76.